The van der Waals surface area contributed by atoms with Gasteiger partial charge in [-0.05, 0) is 5.92 Å². The molecule has 17 heavy (non-hydrogen) atoms. The van der Waals surface area contributed by atoms with Crippen LogP contribution in [0.15, 0.2) is 30.3 Å². The maximum atomic E-state index is 11.8. The van der Waals surface area contributed by atoms with E-state index in [0.717, 1.165) is 6.42 Å². The number of hydrogen-bond acceptors (Lipinski definition) is 3. The average Bonchev–Trinajstić information content (AvgIpc) is 2.28. The minimum absolute atomic E-state index is 0.0854. The van der Waals surface area contributed by atoms with E-state index in [1.54, 1.807) is 30.3 Å². The lowest BCUT2D eigenvalue weighted by Gasteiger charge is -2.08. The first-order chi connectivity index (χ1) is 7.94. The molecule has 0 aliphatic rings. The van der Waals surface area contributed by atoms with Crippen LogP contribution >= 0.6 is 0 Å². The van der Waals surface area contributed by atoms with E-state index in [9.17, 15) is 13.2 Å². The number of hydrogen-bond donors (Lipinski definition) is 0. The molecule has 0 amide bonds. The molecule has 1 atom stereocenters. The summed E-state index contributed by atoms with van der Waals surface area (Å²) in [6.07, 6.45) is 0.804. The lowest BCUT2D eigenvalue weighted by molar-refractivity contribution is 0.102. The third-order valence-corrected chi connectivity index (χ3v) is 4.46. The van der Waals surface area contributed by atoms with Crippen molar-refractivity contribution in [3.8, 4) is 0 Å². The van der Waals surface area contributed by atoms with Crippen LogP contribution in [0.1, 0.15) is 30.6 Å². The molecule has 1 rings (SSSR count). The Morgan fingerprint density at radius 1 is 1.24 bits per heavy atom. The number of ketones is 1. The van der Waals surface area contributed by atoms with Gasteiger partial charge in [-0.2, -0.15) is 0 Å². The molecule has 0 fully saturated rings. The zero-order valence-electron chi connectivity index (χ0n) is 10.2. The van der Waals surface area contributed by atoms with Crippen molar-refractivity contribution in [2.75, 3.05) is 11.5 Å². The van der Waals surface area contributed by atoms with Crippen LogP contribution < -0.4 is 0 Å². The Labute approximate surface area is 103 Å². The molecule has 0 aliphatic carbocycles. The first-order valence-electron chi connectivity index (χ1n) is 5.73. The molecule has 0 saturated heterocycles. The topological polar surface area (TPSA) is 51.2 Å². The van der Waals surface area contributed by atoms with Crippen LogP contribution in [0, 0.1) is 5.92 Å². The third kappa shape index (κ3) is 4.69. The van der Waals surface area contributed by atoms with Crippen LogP contribution in [0.3, 0.4) is 0 Å². The molecule has 1 aromatic carbocycles. The molecular weight excluding hydrogens is 236 g/mol. The van der Waals surface area contributed by atoms with Gasteiger partial charge in [0.05, 0.1) is 5.75 Å². The Hall–Kier alpha value is -1.16. The second-order valence-electron chi connectivity index (χ2n) is 4.36. The van der Waals surface area contributed by atoms with Crippen molar-refractivity contribution in [2.24, 2.45) is 5.92 Å². The molecule has 4 heteroatoms. The summed E-state index contributed by atoms with van der Waals surface area (Å²) in [6.45, 7) is 3.82. The molecule has 0 bridgehead atoms. The van der Waals surface area contributed by atoms with Gasteiger partial charge >= 0.3 is 0 Å². The van der Waals surface area contributed by atoms with Crippen molar-refractivity contribution in [1.29, 1.82) is 0 Å². The highest BCUT2D eigenvalue weighted by molar-refractivity contribution is 7.92. The molecule has 1 aromatic rings. The van der Waals surface area contributed by atoms with Crippen LogP contribution in [-0.4, -0.2) is 25.7 Å². The number of carbonyl (C=O) groups excluding carboxylic acids is 1. The summed E-state index contributed by atoms with van der Waals surface area (Å²) in [6, 6.07) is 8.54. The normalized spacial score (nSPS) is 13.3. The number of benzene rings is 1. The first kappa shape index (κ1) is 13.9. The van der Waals surface area contributed by atoms with Crippen molar-refractivity contribution in [3.05, 3.63) is 35.9 Å². The van der Waals surface area contributed by atoms with Gasteiger partial charge in [0.15, 0.2) is 15.6 Å². The lowest BCUT2D eigenvalue weighted by atomic mass is 10.1. The molecule has 3 nitrogen and oxygen atoms in total. The van der Waals surface area contributed by atoms with E-state index in [1.807, 2.05) is 13.8 Å². The fourth-order valence-corrected chi connectivity index (χ4v) is 3.30. The summed E-state index contributed by atoms with van der Waals surface area (Å²) < 4.78 is 23.5. The number of sulfone groups is 1. The summed E-state index contributed by atoms with van der Waals surface area (Å²) in [5, 5.41) is 0. The smallest absolute Gasteiger partial charge is 0.177 e. The zero-order valence-corrected chi connectivity index (χ0v) is 11.0. The number of Topliss-reactive ketones (excluding diaryl/α,β-unsaturated/α-hetero) is 1. The van der Waals surface area contributed by atoms with Crippen LogP contribution in [0.2, 0.25) is 0 Å². The van der Waals surface area contributed by atoms with Crippen molar-refractivity contribution >= 4 is 15.6 Å². The van der Waals surface area contributed by atoms with Gasteiger partial charge in [0, 0.05) is 5.56 Å². The van der Waals surface area contributed by atoms with E-state index >= 15 is 0 Å². The highest BCUT2D eigenvalue weighted by Crippen LogP contribution is 2.08. The van der Waals surface area contributed by atoms with Gasteiger partial charge in [-0.15, -0.1) is 0 Å². The molecule has 0 N–H and O–H groups in total. The Bertz CT molecular complexity index is 463. The van der Waals surface area contributed by atoms with Crippen molar-refractivity contribution in [2.45, 2.75) is 20.3 Å². The standard InChI is InChI=1S/C13H18O3S/c1-3-11(2)9-17(15,16)10-13(14)12-7-5-4-6-8-12/h4-8,11H,3,9-10H2,1-2H3. The van der Waals surface area contributed by atoms with Gasteiger partial charge in [0.1, 0.15) is 5.75 Å². The molecule has 0 heterocycles. The molecule has 0 aliphatic heterocycles. The van der Waals surface area contributed by atoms with Gasteiger partial charge in [-0.25, -0.2) is 8.42 Å². The van der Waals surface area contributed by atoms with Gasteiger partial charge in [0.2, 0.25) is 0 Å². The zero-order chi connectivity index (χ0) is 12.9. The Morgan fingerprint density at radius 2 is 1.82 bits per heavy atom. The van der Waals surface area contributed by atoms with Crippen molar-refractivity contribution in [3.63, 3.8) is 0 Å². The quantitative estimate of drug-likeness (QED) is 0.732. The van der Waals surface area contributed by atoms with E-state index < -0.39 is 9.84 Å². The Kier molecular flexibility index (Phi) is 4.87. The summed E-state index contributed by atoms with van der Waals surface area (Å²) >= 11 is 0. The summed E-state index contributed by atoms with van der Waals surface area (Å²) in [4.78, 5) is 11.8. The highest BCUT2D eigenvalue weighted by atomic mass is 32.2. The summed E-state index contributed by atoms with van der Waals surface area (Å²) in [7, 11) is -3.29. The third-order valence-electron chi connectivity index (χ3n) is 2.68. The van der Waals surface area contributed by atoms with Gasteiger partial charge in [-0.1, -0.05) is 50.6 Å². The molecule has 0 radical (unpaired) electrons. The van der Waals surface area contributed by atoms with E-state index in [1.165, 1.54) is 0 Å². The maximum Gasteiger partial charge on any atom is 0.177 e. The average molecular weight is 254 g/mol. The molecule has 0 spiro atoms. The van der Waals surface area contributed by atoms with Crippen LogP contribution in [0.4, 0.5) is 0 Å². The highest BCUT2D eigenvalue weighted by Gasteiger charge is 2.19. The number of rotatable bonds is 6. The molecule has 1 unspecified atom stereocenters. The predicted octanol–water partition coefficient (Wildman–Crippen LogP) is 2.33. The second kappa shape index (κ2) is 5.96. The van der Waals surface area contributed by atoms with Crippen LogP contribution in [-0.2, 0) is 9.84 Å². The van der Waals surface area contributed by atoms with Gasteiger partial charge in [-0.3, -0.25) is 4.79 Å². The van der Waals surface area contributed by atoms with Crippen molar-refractivity contribution in [1.82, 2.24) is 0 Å². The van der Waals surface area contributed by atoms with E-state index in [4.69, 9.17) is 0 Å². The monoisotopic (exact) mass is 254 g/mol. The molecular formula is C13H18O3S. The fraction of sp³-hybridized carbons (Fsp3) is 0.462. The van der Waals surface area contributed by atoms with E-state index in [0.29, 0.717) is 5.56 Å². The van der Waals surface area contributed by atoms with Crippen molar-refractivity contribution < 1.29 is 13.2 Å². The second-order valence-corrected chi connectivity index (χ2v) is 6.47. The largest absolute Gasteiger partial charge is 0.293 e. The van der Waals surface area contributed by atoms with Crippen LogP contribution in [0.25, 0.3) is 0 Å². The lowest BCUT2D eigenvalue weighted by Crippen LogP contribution is -2.22. The minimum atomic E-state index is -3.29. The van der Waals surface area contributed by atoms with E-state index in [-0.39, 0.29) is 23.2 Å². The van der Waals surface area contributed by atoms with E-state index in [2.05, 4.69) is 0 Å². The summed E-state index contributed by atoms with van der Waals surface area (Å²) in [5.74, 6) is -0.527. The van der Waals surface area contributed by atoms with Gasteiger partial charge in [0.25, 0.3) is 0 Å². The predicted molar refractivity (Wildman–Crippen MR) is 68.9 cm³/mol. The fourth-order valence-electron chi connectivity index (χ4n) is 1.52. The Balaban J connectivity index is 2.69. The van der Waals surface area contributed by atoms with Crippen LogP contribution in [0.5, 0.6) is 0 Å². The maximum absolute atomic E-state index is 11.8. The minimum Gasteiger partial charge on any atom is -0.293 e. The summed E-state index contributed by atoms with van der Waals surface area (Å²) in [5.41, 5.74) is 0.459. The molecule has 0 saturated carbocycles. The SMILES string of the molecule is CCC(C)CS(=O)(=O)CC(=O)c1ccccc1. The first-order valence-corrected chi connectivity index (χ1v) is 7.55. The number of carbonyl (C=O) groups is 1. The molecule has 0 aromatic heterocycles. The Morgan fingerprint density at radius 3 is 2.35 bits per heavy atom. The molecule has 94 valence electrons. The van der Waals surface area contributed by atoms with Gasteiger partial charge < -0.3 is 0 Å².